The third-order valence-electron chi connectivity index (χ3n) is 4.29. The normalized spacial score (nSPS) is 14.7. The predicted octanol–water partition coefficient (Wildman–Crippen LogP) is 4.01. The Balaban J connectivity index is 1.57. The van der Waals surface area contributed by atoms with Gasteiger partial charge in [-0.2, -0.15) is 0 Å². The van der Waals surface area contributed by atoms with E-state index in [1.807, 2.05) is 6.20 Å². The van der Waals surface area contributed by atoms with E-state index in [2.05, 4.69) is 58.8 Å². The van der Waals surface area contributed by atoms with E-state index in [-0.39, 0.29) is 0 Å². The van der Waals surface area contributed by atoms with Gasteiger partial charge in [0.05, 0.1) is 0 Å². The lowest BCUT2D eigenvalue weighted by atomic mass is 9.99. The van der Waals surface area contributed by atoms with Crippen LogP contribution in [-0.2, 0) is 13.0 Å². The van der Waals surface area contributed by atoms with E-state index in [0.29, 0.717) is 0 Å². The fourth-order valence-corrected chi connectivity index (χ4v) is 2.88. The van der Waals surface area contributed by atoms with Gasteiger partial charge in [-0.3, -0.25) is 0 Å². The smallest absolute Gasteiger partial charge is 0.0454 e. The number of hydrogen-bond acceptors (Lipinski definition) is 1. The minimum Gasteiger partial charge on any atom is -0.361 e. The molecule has 2 N–H and O–H groups in total. The maximum Gasteiger partial charge on any atom is 0.0454 e. The van der Waals surface area contributed by atoms with Gasteiger partial charge in [-0.25, -0.2) is 0 Å². The first-order chi connectivity index (χ1) is 10.4. The Morgan fingerprint density at radius 1 is 1.00 bits per heavy atom. The van der Waals surface area contributed by atoms with Gasteiger partial charge in [-0.15, -0.1) is 0 Å². The fourth-order valence-electron chi connectivity index (χ4n) is 2.88. The SMILES string of the molecule is c1ccc(Cc2ccc3[nH]ccc3c2)c(CNC2CC2)c1. The molecular formula is C19H20N2. The van der Waals surface area contributed by atoms with Crippen molar-refractivity contribution < 1.29 is 0 Å². The number of nitrogens with one attached hydrogen (secondary N) is 2. The van der Waals surface area contributed by atoms with Crippen LogP contribution in [-0.4, -0.2) is 11.0 Å². The standard InChI is InChI=1S/C19H20N2/c1-2-4-17(13-21-18-6-7-18)15(3-1)11-14-5-8-19-16(12-14)9-10-20-19/h1-5,8-10,12,18,20-21H,6-7,11,13H2. The number of H-pyrrole nitrogens is 1. The Labute approximate surface area is 125 Å². The average Bonchev–Trinajstić information content (AvgIpc) is 3.22. The topological polar surface area (TPSA) is 27.8 Å². The van der Waals surface area contributed by atoms with E-state index in [9.17, 15) is 0 Å². The summed E-state index contributed by atoms with van der Waals surface area (Å²) in [5.74, 6) is 0. The summed E-state index contributed by atoms with van der Waals surface area (Å²) in [6, 6.07) is 18.4. The van der Waals surface area contributed by atoms with E-state index < -0.39 is 0 Å². The van der Waals surface area contributed by atoms with Crippen LogP contribution in [0.5, 0.6) is 0 Å². The van der Waals surface area contributed by atoms with Gasteiger partial charge in [-0.1, -0.05) is 30.3 Å². The number of hydrogen-bond donors (Lipinski definition) is 2. The zero-order valence-electron chi connectivity index (χ0n) is 12.1. The summed E-state index contributed by atoms with van der Waals surface area (Å²) in [6.45, 7) is 0.993. The molecule has 0 aliphatic heterocycles. The Kier molecular flexibility index (Phi) is 3.24. The monoisotopic (exact) mass is 276 g/mol. The number of aromatic amines is 1. The zero-order valence-corrected chi connectivity index (χ0v) is 12.1. The van der Waals surface area contributed by atoms with Crippen LogP contribution in [0.2, 0.25) is 0 Å². The molecule has 2 aromatic carbocycles. The van der Waals surface area contributed by atoms with Gasteiger partial charge < -0.3 is 10.3 Å². The van der Waals surface area contributed by atoms with Crippen LogP contribution >= 0.6 is 0 Å². The van der Waals surface area contributed by atoms with Crippen LogP contribution in [0.1, 0.15) is 29.5 Å². The lowest BCUT2D eigenvalue weighted by molar-refractivity contribution is 0.683. The Morgan fingerprint density at radius 3 is 2.71 bits per heavy atom. The van der Waals surface area contributed by atoms with Gasteiger partial charge >= 0.3 is 0 Å². The third kappa shape index (κ3) is 2.86. The van der Waals surface area contributed by atoms with Crippen LogP contribution in [0.15, 0.2) is 54.7 Å². The van der Waals surface area contributed by atoms with Crippen molar-refractivity contribution in [1.29, 1.82) is 0 Å². The molecule has 0 unspecified atom stereocenters. The summed E-state index contributed by atoms with van der Waals surface area (Å²) in [5.41, 5.74) is 5.45. The van der Waals surface area contributed by atoms with Crippen molar-refractivity contribution in [1.82, 2.24) is 10.3 Å². The number of benzene rings is 2. The maximum absolute atomic E-state index is 3.62. The second kappa shape index (κ2) is 5.38. The number of aromatic nitrogens is 1. The third-order valence-corrected chi connectivity index (χ3v) is 4.29. The van der Waals surface area contributed by atoms with Gasteiger partial charge in [0.25, 0.3) is 0 Å². The Bertz CT molecular complexity index is 753. The van der Waals surface area contributed by atoms with E-state index in [0.717, 1.165) is 19.0 Å². The molecule has 0 atom stereocenters. The molecule has 2 heteroatoms. The van der Waals surface area contributed by atoms with Crippen LogP contribution in [0.25, 0.3) is 10.9 Å². The second-order valence-electron chi connectivity index (χ2n) is 6.00. The molecule has 1 saturated carbocycles. The molecular weight excluding hydrogens is 256 g/mol. The minimum atomic E-state index is 0.759. The van der Waals surface area contributed by atoms with Crippen molar-refractivity contribution in [3.05, 3.63) is 71.4 Å². The minimum absolute atomic E-state index is 0.759. The predicted molar refractivity (Wildman–Crippen MR) is 87.4 cm³/mol. The van der Waals surface area contributed by atoms with Crippen molar-refractivity contribution in [3.63, 3.8) is 0 Å². The van der Waals surface area contributed by atoms with Gasteiger partial charge in [0, 0.05) is 24.3 Å². The van der Waals surface area contributed by atoms with Gasteiger partial charge in [0.1, 0.15) is 0 Å². The van der Waals surface area contributed by atoms with Crippen LogP contribution in [0.4, 0.5) is 0 Å². The first kappa shape index (κ1) is 12.7. The molecule has 1 fully saturated rings. The molecule has 0 radical (unpaired) electrons. The summed E-state index contributed by atoms with van der Waals surface area (Å²) >= 11 is 0. The highest BCUT2D eigenvalue weighted by Crippen LogP contribution is 2.22. The number of fused-ring (bicyclic) bond motifs is 1. The van der Waals surface area contributed by atoms with Gasteiger partial charge in [0.15, 0.2) is 0 Å². The molecule has 106 valence electrons. The summed E-state index contributed by atoms with van der Waals surface area (Å²) < 4.78 is 0. The van der Waals surface area contributed by atoms with Crippen molar-refractivity contribution in [2.75, 3.05) is 0 Å². The van der Waals surface area contributed by atoms with E-state index in [1.165, 1.54) is 40.4 Å². The van der Waals surface area contributed by atoms with Crippen LogP contribution in [0, 0.1) is 0 Å². The first-order valence-electron chi connectivity index (χ1n) is 7.75. The fraction of sp³-hybridized carbons (Fsp3) is 0.263. The van der Waals surface area contributed by atoms with E-state index in [4.69, 9.17) is 0 Å². The van der Waals surface area contributed by atoms with Gasteiger partial charge in [0.2, 0.25) is 0 Å². The molecule has 21 heavy (non-hydrogen) atoms. The zero-order chi connectivity index (χ0) is 14.1. The van der Waals surface area contributed by atoms with E-state index >= 15 is 0 Å². The molecule has 3 aromatic rings. The lowest BCUT2D eigenvalue weighted by Gasteiger charge is -2.10. The maximum atomic E-state index is 3.62. The molecule has 2 nitrogen and oxygen atoms in total. The summed E-state index contributed by atoms with van der Waals surface area (Å²) in [7, 11) is 0. The highest BCUT2D eigenvalue weighted by atomic mass is 14.9. The molecule has 4 rings (SSSR count). The molecule has 0 bridgehead atoms. The molecule has 0 saturated heterocycles. The number of rotatable bonds is 5. The van der Waals surface area contributed by atoms with Crippen LogP contribution < -0.4 is 5.32 Å². The van der Waals surface area contributed by atoms with Crippen LogP contribution in [0.3, 0.4) is 0 Å². The van der Waals surface area contributed by atoms with Crippen molar-refractivity contribution in [2.24, 2.45) is 0 Å². The largest absolute Gasteiger partial charge is 0.361 e. The van der Waals surface area contributed by atoms with Crippen molar-refractivity contribution in [3.8, 4) is 0 Å². The summed E-state index contributed by atoms with van der Waals surface area (Å²) in [4.78, 5) is 3.25. The van der Waals surface area contributed by atoms with E-state index in [1.54, 1.807) is 0 Å². The van der Waals surface area contributed by atoms with Crippen molar-refractivity contribution >= 4 is 10.9 Å². The summed E-state index contributed by atoms with van der Waals surface area (Å²) in [6.07, 6.45) is 5.68. The molecule has 1 aliphatic carbocycles. The van der Waals surface area contributed by atoms with Crippen molar-refractivity contribution in [2.45, 2.75) is 31.8 Å². The summed E-state index contributed by atoms with van der Waals surface area (Å²) in [5, 5.41) is 4.91. The Morgan fingerprint density at radius 2 is 1.86 bits per heavy atom. The highest BCUT2D eigenvalue weighted by molar-refractivity contribution is 5.80. The average molecular weight is 276 g/mol. The second-order valence-corrected chi connectivity index (χ2v) is 6.00. The molecule has 1 heterocycles. The highest BCUT2D eigenvalue weighted by Gasteiger charge is 2.20. The molecule has 1 aliphatic rings. The molecule has 0 spiro atoms. The molecule has 1 aromatic heterocycles. The molecule has 0 amide bonds. The van der Waals surface area contributed by atoms with Gasteiger partial charge in [-0.05, 0) is 59.5 Å². The first-order valence-corrected chi connectivity index (χ1v) is 7.75. The lowest BCUT2D eigenvalue weighted by Crippen LogP contribution is -2.16. The Hall–Kier alpha value is -2.06. The quantitative estimate of drug-likeness (QED) is 0.724.